The van der Waals surface area contributed by atoms with Crippen molar-refractivity contribution in [3.05, 3.63) is 47.8 Å². The molecule has 0 radical (unpaired) electrons. The van der Waals surface area contributed by atoms with Gasteiger partial charge in [0.1, 0.15) is 12.1 Å². The van der Waals surface area contributed by atoms with E-state index in [9.17, 15) is 9.18 Å². The van der Waals surface area contributed by atoms with Crippen molar-refractivity contribution in [1.29, 1.82) is 0 Å². The van der Waals surface area contributed by atoms with Gasteiger partial charge in [-0.15, -0.1) is 5.10 Å². The third-order valence-corrected chi connectivity index (χ3v) is 1.95. The molecule has 0 aliphatic carbocycles. The van der Waals surface area contributed by atoms with Crippen LogP contribution in [0.2, 0.25) is 0 Å². The zero-order chi connectivity index (χ0) is 10.7. The van der Waals surface area contributed by atoms with Gasteiger partial charge in [0.15, 0.2) is 6.29 Å². The Balaban J connectivity index is 2.22. The molecule has 0 aliphatic rings. The van der Waals surface area contributed by atoms with Crippen LogP contribution in [0.4, 0.5) is 4.39 Å². The van der Waals surface area contributed by atoms with Crippen molar-refractivity contribution in [2.24, 2.45) is 0 Å². The smallest absolute Gasteiger partial charge is 0.213 e. The summed E-state index contributed by atoms with van der Waals surface area (Å²) in [4.78, 5) is 14.0. The SMILES string of the molecule is O=Cc1ncn(Cc2ccccc2F)n1. The number of hydrogen-bond acceptors (Lipinski definition) is 3. The zero-order valence-electron chi connectivity index (χ0n) is 7.80. The molecule has 0 bridgehead atoms. The Morgan fingerprint density at radius 3 is 2.87 bits per heavy atom. The van der Waals surface area contributed by atoms with Crippen LogP contribution in [0.1, 0.15) is 16.2 Å². The lowest BCUT2D eigenvalue weighted by atomic mass is 10.2. The first-order valence-corrected chi connectivity index (χ1v) is 4.37. The van der Waals surface area contributed by atoms with Gasteiger partial charge < -0.3 is 0 Å². The van der Waals surface area contributed by atoms with E-state index in [1.54, 1.807) is 18.2 Å². The summed E-state index contributed by atoms with van der Waals surface area (Å²) in [6.07, 6.45) is 1.95. The lowest BCUT2D eigenvalue weighted by Gasteiger charge is -2.01. The summed E-state index contributed by atoms with van der Waals surface area (Å²) >= 11 is 0. The van der Waals surface area contributed by atoms with Gasteiger partial charge in [0.05, 0.1) is 6.54 Å². The van der Waals surface area contributed by atoms with E-state index in [4.69, 9.17) is 0 Å². The van der Waals surface area contributed by atoms with E-state index >= 15 is 0 Å². The van der Waals surface area contributed by atoms with Crippen LogP contribution in [-0.4, -0.2) is 21.1 Å². The number of aldehydes is 1. The van der Waals surface area contributed by atoms with Gasteiger partial charge in [-0.25, -0.2) is 14.1 Å². The predicted octanol–water partition coefficient (Wildman–Crippen LogP) is 1.28. The molecule has 2 rings (SSSR count). The Labute approximate surface area is 85.4 Å². The average molecular weight is 205 g/mol. The maximum Gasteiger partial charge on any atom is 0.213 e. The van der Waals surface area contributed by atoms with Gasteiger partial charge in [0.25, 0.3) is 0 Å². The highest BCUT2D eigenvalue weighted by molar-refractivity contribution is 5.68. The second kappa shape index (κ2) is 4.00. The number of nitrogens with zero attached hydrogens (tertiary/aromatic N) is 3. The molecule has 0 spiro atoms. The topological polar surface area (TPSA) is 47.8 Å². The van der Waals surface area contributed by atoms with Crippen molar-refractivity contribution in [2.45, 2.75) is 6.54 Å². The van der Waals surface area contributed by atoms with Crippen LogP contribution >= 0.6 is 0 Å². The van der Waals surface area contributed by atoms with Crippen molar-refractivity contribution in [1.82, 2.24) is 14.8 Å². The normalized spacial score (nSPS) is 10.2. The van der Waals surface area contributed by atoms with Crippen LogP contribution in [0.5, 0.6) is 0 Å². The summed E-state index contributed by atoms with van der Waals surface area (Å²) in [5.74, 6) is -0.188. The van der Waals surface area contributed by atoms with E-state index in [0.29, 0.717) is 11.8 Å². The van der Waals surface area contributed by atoms with E-state index in [2.05, 4.69) is 10.1 Å². The van der Waals surface area contributed by atoms with Gasteiger partial charge in [0, 0.05) is 5.56 Å². The molecule has 2 aromatic rings. The number of carbonyl (C=O) groups is 1. The molecular weight excluding hydrogens is 197 g/mol. The van der Waals surface area contributed by atoms with Crippen molar-refractivity contribution < 1.29 is 9.18 Å². The van der Waals surface area contributed by atoms with Crippen LogP contribution in [0.25, 0.3) is 0 Å². The number of benzene rings is 1. The van der Waals surface area contributed by atoms with E-state index in [0.717, 1.165) is 0 Å². The first-order chi connectivity index (χ1) is 7.29. The van der Waals surface area contributed by atoms with E-state index in [1.165, 1.54) is 17.1 Å². The van der Waals surface area contributed by atoms with Crippen molar-refractivity contribution in [3.63, 3.8) is 0 Å². The highest BCUT2D eigenvalue weighted by Crippen LogP contribution is 2.07. The highest BCUT2D eigenvalue weighted by atomic mass is 19.1. The molecule has 0 aliphatic heterocycles. The Bertz CT molecular complexity index is 481. The molecule has 0 N–H and O–H groups in total. The largest absolute Gasteiger partial charge is 0.294 e. The number of rotatable bonds is 3. The fourth-order valence-electron chi connectivity index (χ4n) is 1.24. The standard InChI is InChI=1S/C10H8FN3O/c11-9-4-2-1-3-8(9)5-14-7-12-10(6-15)13-14/h1-4,6-7H,5H2. The summed E-state index contributed by atoms with van der Waals surface area (Å²) < 4.78 is 14.7. The van der Waals surface area contributed by atoms with Gasteiger partial charge in [-0.3, -0.25) is 4.79 Å². The molecule has 76 valence electrons. The summed E-state index contributed by atoms with van der Waals surface area (Å²) in [7, 11) is 0. The number of hydrogen-bond donors (Lipinski definition) is 0. The Hall–Kier alpha value is -2.04. The van der Waals surface area contributed by atoms with Gasteiger partial charge >= 0.3 is 0 Å². The van der Waals surface area contributed by atoms with E-state index in [-0.39, 0.29) is 18.2 Å². The summed E-state index contributed by atoms with van der Waals surface area (Å²) in [6.45, 7) is 0.271. The number of halogens is 1. The molecule has 1 aromatic heterocycles. The molecule has 15 heavy (non-hydrogen) atoms. The number of aromatic nitrogens is 3. The molecule has 4 nitrogen and oxygen atoms in total. The van der Waals surface area contributed by atoms with Crippen LogP contribution in [0.3, 0.4) is 0 Å². The third-order valence-electron chi connectivity index (χ3n) is 1.95. The Kier molecular flexibility index (Phi) is 2.53. The average Bonchev–Trinajstić information content (AvgIpc) is 2.69. The lowest BCUT2D eigenvalue weighted by Crippen LogP contribution is -2.02. The molecule has 0 saturated heterocycles. The van der Waals surface area contributed by atoms with Gasteiger partial charge in [-0.2, -0.15) is 0 Å². The molecule has 5 heteroatoms. The first-order valence-electron chi connectivity index (χ1n) is 4.37. The summed E-state index contributed by atoms with van der Waals surface area (Å²) in [5.41, 5.74) is 0.514. The Morgan fingerprint density at radius 1 is 1.40 bits per heavy atom. The molecule has 0 atom stereocenters. The van der Waals surface area contributed by atoms with Gasteiger partial charge in [-0.05, 0) is 6.07 Å². The van der Waals surface area contributed by atoms with Crippen molar-refractivity contribution in [2.75, 3.05) is 0 Å². The summed E-state index contributed by atoms with van der Waals surface area (Å²) in [5, 5.41) is 3.84. The van der Waals surface area contributed by atoms with Crippen LogP contribution in [0, 0.1) is 5.82 Å². The second-order valence-electron chi connectivity index (χ2n) is 3.01. The Morgan fingerprint density at radius 2 is 2.20 bits per heavy atom. The van der Waals surface area contributed by atoms with Crippen molar-refractivity contribution >= 4 is 6.29 Å². The third kappa shape index (κ3) is 2.07. The second-order valence-corrected chi connectivity index (χ2v) is 3.01. The highest BCUT2D eigenvalue weighted by Gasteiger charge is 2.03. The minimum Gasteiger partial charge on any atom is -0.294 e. The fourth-order valence-corrected chi connectivity index (χ4v) is 1.24. The monoisotopic (exact) mass is 205 g/mol. The van der Waals surface area contributed by atoms with Gasteiger partial charge in [-0.1, -0.05) is 18.2 Å². The molecule has 0 amide bonds. The van der Waals surface area contributed by atoms with Crippen LogP contribution in [-0.2, 0) is 6.54 Å². The maximum atomic E-state index is 13.2. The lowest BCUT2D eigenvalue weighted by molar-refractivity contribution is 0.111. The summed E-state index contributed by atoms with van der Waals surface area (Å²) in [6, 6.07) is 6.41. The first kappa shape index (κ1) is 9.51. The van der Waals surface area contributed by atoms with Gasteiger partial charge in [0.2, 0.25) is 5.82 Å². The molecule has 0 fully saturated rings. The molecular formula is C10H8FN3O. The number of carbonyl (C=O) groups excluding carboxylic acids is 1. The minimum atomic E-state index is -0.291. The zero-order valence-corrected chi connectivity index (χ0v) is 7.80. The van der Waals surface area contributed by atoms with Crippen LogP contribution < -0.4 is 0 Å². The molecule has 1 aromatic carbocycles. The van der Waals surface area contributed by atoms with Crippen molar-refractivity contribution in [3.8, 4) is 0 Å². The molecule has 0 unspecified atom stereocenters. The molecule has 0 saturated carbocycles. The van der Waals surface area contributed by atoms with Crippen LogP contribution in [0.15, 0.2) is 30.6 Å². The van der Waals surface area contributed by atoms with E-state index < -0.39 is 0 Å². The maximum absolute atomic E-state index is 13.2. The predicted molar refractivity (Wildman–Crippen MR) is 50.9 cm³/mol. The minimum absolute atomic E-state index is 0.103. The quantitative estimate of drug-likeness (QED) is 0.709. The molecule has 1 heterocycles. The van der Waals surface area contributed by atoms with E-state index in [1.807, 2.05) is 0 Å². The fraction of sp³-hybridized carbons (Fsp3) is 0.100.